The van der Waals surface area contributed by atoms with Crippen molar-refractivity contribution < 1.29 is 32.3 Å². The predicted molar refractivity (Wildman–Crippen MR) is 104 cm³/mol. The SMILES string of the molecule is CCOC(=O)CN(c1cc(OC)ccc1OC)S(=O)(=O)c1ccc([N+](=O)[O-])cc1. The maximum Gasteiger partial charge on any atom is 0.326 e. The lowest BCUT2D eigenvalue weighted by atomic mass is 10.2. The molecule has 0 bridgehead atoms. The van der Waals surface area contributed by atoms with Gasteiger partial charge in [0.15, 0.2) is 0 Å². The van der Waals surface area contributed by atoms with Crippen molar-refractivity contribution in [2.45, 2.75) is 11.8 Å². The summed E-state index contributed by atoms with van der Waals surface area (Å²) in [5.74, 6) is -0.253. The summed E-state index contributed by atoms with van der Waals surface area (Å²) in [6, 6.07) is 8.80. The molecule has 0 aromatic heterocycles. The van der Waals surface area contributed by atoms with Crippen LogP contribution in [0.25, 0.3) is 0 Å². The number of nitrogens with zero attached hydrogens (tertiary/aromatic N) is 2. The average molecular weight is 424 g/mol. The Kier molecular flexibility index (Phi) is 6.99. The third kappa shape index (κ3) is 4.93. The van der Waals surface area contributed by atoms with Gasteiger partial charge in [0.05, 0.1) is 36.3 Å². The van der Waals surface area contributed by atoms with Crippen LogP contribution in [-0.2, 0) is 19.6 Å². The molecule has 29 heavy (non-hydrogen) atoms. The van der Waals surface area contributed by atoms with Crippen LogP contribution in [0.4, 0.5) is 11.4 Å². The Bertz CT molecular complexity index is 989. The zero-order valence-electron chi connectivity index (χ0n) is 16.0. The molecule has 0 fully saturated rings. The Morgan fingerprint density at radius 2 is 1.76 bits per heavy atom. The Hall–Kier alpha value is -3.34. The quantitative estimate of drug-likeness (QED) is 0.341. The monoisotopic (exact) mass is 424 g/mol. The molecule has 0 aliphatic rings. The first kappa shape index (κ1) is 22.0. The number of hydrogen-bond acceptors (Lipinski definition) is 8. The number of nitro groups is 1. The summed E-state index contributed by atoms with van der Waals surface area (Å²) in [5, 5.41) is 10.8. The molecular weight excluding hydrogens is 404 g/mol. The molecule has 2 rings (SSSR count). The van der Waals surface area contributed by atoms with Crippen molar-refractivity contribution in [2.75, 3.05) is 31.7 Å². The molecule has 0 heterocycles. The maximum atomic E-state index is 13.3. The summed E-state index contributed by atoms with van der Waals surface area (Å²) >= 11 is 0. The normalized spacial score (nSPS) is 10.9. The van der Waals surface area contributed by atoms with E-state index >= 15 is 0 Å². The van der Waals surface area contributed by atoms with Gasteiger partial charge in [-0.05, 0) is 31.2 Å². The highest BCUT2D eigenvalue weighted by Gasteiger charge is 2.30. The van der Waals surface area contributed by atoms with E-state index < -0.39 is 27.5 Å². The van der Waals surface area contributed by atoms with E-state index in [1.54, 1.807) is 13.0 Å². The van der Waals surface area contributed by atoms with Crippen LogP contribution in [0.3, 0.4) is 0 Å². The first-order valence-electron chi connectivity index (χ1n) is 8.39. The number of rotatable bonds is 9. The number of non-ortho nitro benzene ring substituents is 1. The number of esters is 1. The first-order chi connectivity index (χ1) is 13.7. The smallest absolute Gasteiger partial charge is 0.326 e. The molecule has 0 aliphatic carbocycles. The van der Waals surface area contributed by atoms with E-state index in [0.717, 1.165) is 28.6 Å². The van der Waals surface area contributed by atoms with E-state index in [0.29, 0.717) is 5.75 Å². The Balaban J connectivity index is 2.61. The fourth-order valence-electron chi connectivity index (χ4n) is 2.48. The van der Waals surface area contributed by atoms with Crippen LogP contribution in [0.1, 0.15) is 6.92 Å². The number of methoxy groups -OCH3 is 2. The van der Waals surface area contributed by atoms with Crippen molar-refractivity contribution in [1.82, 2.24) is 0 Å². The topological polar surface area (TPSA) is 125 Å². The minimum absolute atomic E-state index is 0.0539. The largest absolute Gasteiger partial charge is 0.497 e. The number of carbonyl (C=O) groups is 1. The van der Waals surface area contributed by atoms with Gasteiger partial charge in [0.2, 0.25) is 0 Å². The number of benzene rings is 2. The lowest BCUT2D eigenvalue weighted by molar-refractivity contribution is -0.384. The van der Waals surface area contributed by atoms with E-state index in [-0.39, 0.29) is 28.6 Å². The molecule has 0 unspecified atom stereocenters. The van der Waals surface area contributed by atoms with E-state index in [1.807, 2.05) is 0 Å². The van der Waals surface area contributed by atoms with Gasteiger partial charge in [-0.15, -0.1) is 0 Å². The van der Waals surface area contributed by atoms with E-state index in [2.05, 4.69) is 0 Å². The molecule has 0 N–H and O–H groups in total. The zero-order chi connectivity index (χ0) is 21.6. The summed E-state index contributed by atoms with van der Waals surface area (Å²) in [5.41, 5.74) is -0.210. The molecule has 0 saturated carbocycles. The van der Waals surface area contributed by atoms with Crippen LogP contribution in [0, 0.1) is 10.1 Å². The standard InChI is InChI=1S/C18H20N2O8S/c1-4-28-18(21)12-19(16-11-14(26-2)7-10-17(16)27-3)29(24,25)15-8-5-13(6-9-15)20(22)23/h5-11H,4,12H2,1-3H3. The molecule has 0 amide bonds. The van der Waals surface area contributed by atoms with E-state index in [9.17, 15) is 23.3 Å². The number of nitro benzene ring substituents is 1. The van der Waals surface area contributed by atoms with Gasteiger partial charge < -0.3 is 14.2 Å². The zero-order valence-corrected chi connectivity index (χ0v) is 16.8. The van der Waals surface area contributed by atoms with Gasteiger partial charge >= 0.3 is 5.97 Å². The van der Waals surface area contributed by atoms with Gasteiger partial charge in [0, 0.05) is 18.2 Å². The van der Waals surface area contributed by atoms with Gasteiger partial charge in [-0.25, -0.2) is 8.42 Å². The second-order valence-corrected chi connectivity index (χ2v) is 7.47. The summed E-state index contributed by atoms with van der Waals surface area (Å²) in [6.07, 6.45) is 0. The fraction of sp³-hybridized carbons (Fsp3) is 0.278. The number of carbonyl (C=O) groups excluding carboxylic acids is 1. The van der Waals surface area contributed by atoms with Crippen LogP contribution < -0.4 is 13.8 Å². The van der Waals surface area contributed by atoms with Crippen LogP contribution in [0.2, 0.25) is 0 Å². The van der Waals surface area contributed by atoms with Gasteiger partial charge in [0.1, 0.15) is 18.0 Å². The molecule has 0 aliphatic heterocycles. The minimum Gasteiger partial charge on any atom is -0.497 e. The van der Waals surface area contributed by atoms with Crippen LogP contribution in [0.5, 0.6) is 11.5 Å². The number of anilines is 1. The summed E-state index contributed by atoms with van der Waals surface area (Å²) < 4.78 is 42.7. The molecule has 2 aromatic carbocycles. The van der Waals surface area contributed by atoms with Gasteiger partial charge in [0.25, 0.3) is 15.7 Å². The number of ether oxygens (including phenoxy) is 3. The molecule has 0 spiro atoms. The third-order valence-electron chi connectivity index (χ3n) is 3.87. The Morgan fingerprint density at radius 1 is 1.10 bits per heavy atom. The van der Waals surface area contributed by atoms with Crippen LogP contribution in [0.15, 0.2) is 47.4 Å². The van der Waals surface area contributed by atoms with Gasteiger partial charge in [-0.3, -0.25) is 19.2 Å². The minimum atomic E-state index is -4.29. The maximum absolute atomic E-state index is 13.3. The van der Waals surface area contributed by atoms with E-state index in [1.165, 1.54) is 26.4 Å². The number of hydrogen-bond donors (Lipinski definition) is 0. The predicted octanol–water partition coefficient (Wildman–Crippen LogP) is 2.37. The van der Waals surface area contributed by atoms with Crippen molar-refractivity contribution in [2.24, 2.45) is 0 Å². The highest BCUT2D eigenvalue weighted by atomic mass is 32.2. The summed E-state index contributed by atoms with van der Waals surface area (Å²) in [4.78, 5) is 22.1. The van der Waals surface area contributed by atoms with Crippen molar-refractivity contribution in [3.63, 3.8) is 0 Å². The molecule has 0 saturated heterocycles. The first-order valence-corrected chi connectivity index (χ1v) is 9.83. The summed E-state index contributed by atoms with van der Waals surface area (Å²) in [7, 11) is -1.53. The Morgan fingerprint density at radius 3 is 2.28 bits per heavy atom. The highest BCUT2D eigenvalue weighted by molar-refractivity contribution is 7.92. The average Bonchev–Trinajstić information content (AvgIpc) is 2.71. The van der Waals surface area contributed by atoms with Gasteiger partial charge in [-0.1, -0.05) is 0 Å². The third-order valence-corrected chi connectivity index (χ3v) is 5.64. The molecular formula is C18H20N2O8S. The van der Waals surface area contributed by atoms with Crippen LogP contribution in [-0.4, -0.2) is 46.7 Å². The van der Waals surface area contributed by atoms with Crippen molar-refractivity contribution in [3.8, 4) is 11.5 Å². The van der Waals surface area contributed by atoms with E-state index in [4.69, 9.17) is 14.2 Å². The lowest BCUT2D eigenvalue weighted by Gasteiger charge is -2.25. The fourth-order valence-corrected chi connectivity index (χ4v) is 3.89. The molecule has 156 valence electrons. The van der Waals surface area contributed by atoms with Crippen molar-refractivity contribution >= 4 is 27.4 Å². The second-order valence-electron chi connectivity index (χ2n) is 5.61. The summed E-state index contributed by atoms with van der Waals surface area (Å²) in [6.45, 7) is 1.04. The molecule has 10 nitrogen and oxygen atoms in total. The molecule has 0 atom stereocenters. The second kappa shape index (κ2) is 9.24. The molecule has 0 radical (unpaired) electrons. The molecule has 11 heteroatoms. The van der Waals surface area contributed by atoms with Crippen molar-refractivity contribution in [1.29, 1.82) is 0 Å². The lowest BCUT2D eigenvalue weighted by Crippen LogP contribution is -2.37. The van der Waals surface area contributed by atoms with Gasteiger partial charge in [-0.2, -0.15) is 0 Å². The van der Waals surface area contributed by atoms with Crippen molar-refractivity contribution in [3.05, 3.63) is 52.6 Å². The molecule has 2 aromatic rings. The number of sulfonamides is 1. The highest BCUT2D eigenvalue weighted by Crippen LogP contribution is 2.35. The van der Waals surface area contributed by atoms with Crippen LogP contribution >= 0.6 is 0 Å². The Labute approximate surface area is 167 Å².